The van der Waals surface area contributed by atoms with Gasteiger partial charge >= 0.3 is 0 Å². The number of hydrogen-bond donors (Lipinski definition) is 1. The van der Waals surface area contributed by atoms with E-state index in [0.29, 0.717) is 17.9 Å². The minimum Gasteiger partial charge on any atom is -0.345 e. The second-order valence-corrected chi connectivity index (χ2v) is 8.32. The Kier molecular flexibility index (Phi) is 5.67. The zero-order chi connectivity index (χ0) is 15.6. The van der Waals surface area contributed by atoms with Crippen molar-refractivity contribution < 1.29 is 0 Å². The van der Waals surface area contributed by atoms with Gasteiger partial charge in [0, 0.05) is 30.1 Å². The molecule has 1 aromatic heterocycles. The number of nitrogens with one attached hydrogen (secondary N) is 1. The number of rotatable bonds is 8. The van der Waals surface area contributed by atoms with Crippen molar-refractivity contribution in [1.82, 2.24) is 10.3 Å². The summed E-state index contributed by atoms with van der Waals surface area (Å²) >= 11 is 1.89. The van der Waals surface area contributed by atoms with E-state index in [4.69, 9.17) is 4.98 Å². The van der Waals surface area contributed by atoms with Gasteiger partial charge in [0.2, 0.25) is 0 Å². The van der Waals surface area contributed by atoms with Crippen LogP contribution >= 0.6 is 11.3 Å². The number of nitrogens with zero attached hydrogens (tertiary/aromatic N) is 2. The number of hydrogen-bond acceptors (Lipinski definition) is 4. The van der Waals surface area contributed by atoms with Crippen LogP contribution in [-0.4, -0.2) is 23.6 Å². The Morgan fingerprint density at radius 3 is 2.33 bits per heavy atom. The normalized spacial score (nSPS) is 15.5. The fraction of sp³-hybridized carbons (Fsp3) is 0.824. The fourth-order valence-electron chi connectivity index (χ4n) is 2.48. The van der Waals surface area contributed by atoms with Crippen LogP contribution in [0.4, 0.5) is 5.13 Å². The summed E-state index contributed by atoms with van der Waals surface area (Å²) in [6.07, 6.45) is 2.68. The van der Waals surface area contributed by atoms with Crippen molar-refractivity contribution in [2.75, 3.05) is 11.4 Å². The highest BCUT2D eigenvalue weighted by molar-refractivity contribution is 7.15. The highest BCUT2D eigenvalue weighted by Crippen LogP contribution is 2.33. The predicted octanol–water partition coefficient (Wildman–Crippen LogP) is 4.39. The summed E-state index contributed by atoms with van der Waals surface area (Å²) in [5, 5.41) is 4.85. The first-order chi connectivity index (χ1) is 9.88. The van der Waals surface area contributed by atoms with Gasteiger partial charge in [-0.3, -0.25) is 0 Å². The Balaban J connectivity index is 2.18. The van der Waals surface area contributed by atoms with Gasteiger partial charge in [-0.15, -0.1) is 11.3 Å². The maximum Gasteiger partial charge on any atom is 0.186 e. The van der Waals surface area contributed by atoms with Crippen LogP contribution in [0.3, 0.4) is 0 Å². The second kappa shape index (κ2) is 7.10. The zero-order valence-electron chi connectivity index (χ0n) is 14.4. The maximum absolute atomic E-state index is 4.99. The molecule has 0 spiro atoms. The molecular weight excluding hydrogens is 278 g/mol. The van der Waals surface area contributed by atoms with E-state index in [2.05, 4.69) is 51.8 Å². The summed E-state index contributed by atoms with van der Waals surface area (Å²) in [6.45, 7) is 15.7. The molecule has 0 amide bonds. The van der Waals surface area contributed by atoms with Gasteiger partial charge in [-0.2, -0.15) is 0 Å². The van der Waals surface area contributed by atoms with Gasteiger partial charge in [-0.05, 0) is 38.5 Å². The van der Waals surface area contributed by atoms with Crippen molar-refractivity contribution >= 4 is 16.5 Å². The van der Waals surface area contributed by atoms with Gasteiger partial charge in [0.15, 0.2) is 5.13 Å². The van der Waals surface area contributed by atoms with E-state index >= 15 is 0 Å². The highest BCUT2D eigenvalue weighted by Gasteiger charge is 2.24. The zero-order valence-corrected chi connectivity index (χ0v) is 15.3. The second-order valence-electron chi connectivity index (χ2n) is 7.25. The Bertz CT molecular complexity index is 447. The highest BCUT2D eigenvalue weighted by atomic mass is 32.1. The molecule has 0 aromatic carbocycles. The van der Waals surface area contributed by atoms with Crippen molar-refractivity contribution in [3.63, 3.8) is 0 Å². The smallest absolute Gasteiger partial charge is 0.186 e. The molecule has 0 aliphatic heterocycles. The van der Waals surface area contributed by atoms with E-state index in [1.165, 1.54) is 28.5 Å². The monoisotopic (exact) mass is 309 g/mol. The van der Waals surface area contributed by atoms with Crippen LogP contribution < -0.4 is 10.2 Å². The van der Waals surface area contributed by atoms with Gasteiger partial charge in [-0.1, -0.05) is 27.7 Å². The van der Waals surface area contributed by atoms with E-state index in [0.717, 1.165) is 19.1 Å². The van der Waals surface area contributed by atoms with Crippen molar-refractivity contribution in [2.45, 2.75) is 78.9 Å². The lowest BCUT2D eigenvalue weighted by Crippen LogP contribution is -2.34. The molecule has 1 heterocycles. The van der Waals surface area contributed by atoms with Crippen LogP contribution in [0.5, 0.6) is 0 Å². The van der Waals surface area contributed by atoms with E-state index in [9.17, 15) is 0 Å². The Hall–Kier alpha value is -0.610. The number of aromatic nitrogens is 1. The van der Waals surface area contributed by atoms with Crippen LogP contribution in [0.15, 0.2) is 0 Å². The van der Waals surface area contributed by atoms with Gasteiger partial charge in [0.25, 0.3) is 0 Å². The van der Waals surface area contributed by atoms with E-state index in [-0.39, 0.29) is 0 Å². The first-order valence-corrected chi connectivity index (χ1v) is 9.19. The molecule has 1 N–H and O–H groups in total. The average Bonchev–Trinajstić information content (AvgIpc) is 3.11. The summed E-state index contributed by atoms with van der Waals surface area (Å²) in [5.41, 5.74) is 1.29. The lowest BCUT2D eigenvalue weighted by molar-refractivity contribution is 0.569. The van der Waals surface area contributed by atoms with E-state index in [1.54, 1.807) is 0 Å². The van der Waals surface area contributed by atoms with Crippen molar-refractivity contribution in [3.8, 4) is 0 Å². The molecule has 0 atom stereocenters. The van der Waals surface area contributed by atoms with E-state index in [1.807, 2.05) is 11.3 Å². The molecule has 0 radical (unpaired) electrons. The minimum atomic E-state index is 0.499. The summed E-state index contributed by atoms with van der Waals surface area (Å²) in [6, 6.07) is 1.26. The molecule has 1 aliphatic carbocycles. The van der Waals surface area contributed by atoms with Gasteiger partial charge in [-0.25, -0.2) is 4.98 Å². The molecule has 1 fully saturated rings. The lowest BCUT2D eigenvalue weighted by atomic mass is 10.1. The van der Waals surface area contributed by atoms with Crippen LogP contribution in [0.2, 0.25) is 0 Å². The molecule has 0 saturated heterocycles. The molecule has 0 unspecified atom stereocenters. The average molecular weight is 310 g/mol. The van der Waals surface area contributed by atoms with Crippen LogP contribution in [0.1, 0.15) is 70.9 Å². The standard InChI is InChI=1S/C17H31N3S/c1-11(2)10-20(13(5)6)17-19-16(12(3)4)15(21-17)9-18-14-7-8-14/h11-14,18H,7-10H2,1-6H3. The summed E-state index contributed by atoms with van der Waals surface area (Å²) in [5.74, 6) is 1.16. The Labute approximate surface area is 134 Å². The third-order valence-corrected chi connectivity index (χ3v) is 4.93. The number of anilines is 1. The third kappa shape index (κ3) is 4.68. The van der Waals surface area contributed by atoms with Gasteiger partial charge in [0.1, 0.15) is 0 Å². The van der Waals surface area contributed by atoms with Crippen LogP contribution in [0.25, 0.3) is 0 Å². The summed E-state index contributed by atoms with van der Waals surface area (Å²) < 4.78 is 0. The molecule has 2 rings (SSSR count). The fourth-order valence-corrected chi connectivity index (χ4v) is 3.79. The molecule has 1 aromatic rings. The van der Waals surface area contributed by atoms with Crippen molar-refractivity contribution in [2.24, 2.45) is 5.92 Å². The SMILES string of the molecule is CC(C)CN(c1nc(C(C)C)c(CNC2CC2)s1)C(C)C. The molecule has 1 aliphatic rings. The first kappa shape index (κ1) is 16.8. The van der Waals surface area contributed by atoms with Crippen LogP contribution in [-0.2, 0) is 6.54 Å². The molecule has 120 valence electrons. The molecule has 4 heteroatoms. The van der Waals surface area contributed by atoms with E-state index < -0.39 is 0 Å². The third-order valence-electron chi connectivity index (χ3n) is 3.82. The molecule has 1 saturated carbocycles. The largest absolute Gasteiger partial charge is 0.345 e. The minimum absolute atomic E-state index is 0.499. The quantitative estimate of drug-likeness (QED) is 0.772. The summed E-state index contributed by atoms with van der Waals surface area (Å²) in [4.78, 5) is 8.88. The first-order valence-electron chi connectivity index (χ1n) is 8.38. The van der Waals surface area contributed by atoms with Crippen LogP contribution in [0, 0.1) is 5.92 Å². The molecule has 21 heavy (non-hydrogen) atoms. The van der Waals surface area contributed by atoms with Gasteiger partial charge < -0.3 is 10.2 Å². The Morgan fingerprint density at radius 2 is 1.86 bits per heavy atom. The molecule has 0 bridgehead atoms. The van der Waals surface area contributed by atoms with Crippen molar-refractivity contribution in [3.05, 3.63) is 10.6 Å². The molecule has 3 nitrogen and oxygen atoms in total. The lowest BCUT2D eigenvalue weighted by Gasteiger charge is -2.27. The topological polar surface area (TPSA) is 28.2 Å². The number of thiazole rings is 1. The van der Waals surface area contributed by atoms with Gasteiger partial charge in [0.05, 0.1) is 5.69 Å². The Morgan fingerprint density at radius 1 is 1.19 bits per heavy atom. The van der Waals surface area contributed by atoms with Crippen molar-refractivity contribution in [1.29, 1.82) is 0 Å². The predicted molar refractivity (Wildman–Crippen MR) is 93.4 cm³/mol. The maximum atomic E-state index is 4.99. The summed E-state index contributed by atoms with van der Waals surface area (Å²) in [7, 11) is 0. The molecular formula is C17H31N3S.